The minimum atomic E-state index is -0.831. The molecule has 2 N–H and O–H groups in total. The summed E-state index contributed by atoms with van der Waals surface area (Å²) in [6, 6.07) is 0.188. The summed E-state index contributed by atoms with van der Waals surface area (Å²) >= 11 is 0. The van der Waals surface area contributed by atoms with Gasteiger partial charge in [0.15, 0.2) is 0 Å². The molecule has 104 valence electrons. The molecule has 0 radical (unpaired) electrons. The second kappa shape index (κ2) is 6.76. The Morgan fingerprint density at radius 3 is 2.39 bits per heavy atom. The number of hydrogen-bond acceptors (Lipinski definition) is 2. The van der Waals surface area contributed by atoms with Gasteiger partial charge in [0.1, 0.15) is 0 Å². The number of aliphatic carboxylic acids is 1. The molecule has 0 aromatic rings. The Morgan fingerprint density at radius 1 is 1.28 bits per heavy atom. The molecular weight excluding hydrogens is 230 g/mol. The van der Waals surface area contributed by atoms with Crippen molar-refractivity contribution in [3.8, 4) is 0 Å². The van der Waals surface area contributed by atoms with Gasteiger partial charge in [0, 0.05) is 6.04 Å². The first-order valence-corrected chi connectivity index (χ1v) is 7.02. The Hall–Kier alpha value is -1.06. The lowest BCUT2D eigenvalue weighted by Crippen LogP contribution is -2.41. The van der Waals surface area contributed by atoms with E-state index in [1.54, 1.807) is 0 Å². The highest BCUT2D eigenvalue weighted by atomic mass is 16.4. The molecule has 1 rings (SSSR count). The number of carboxylic acids is 1. The van der Waals surface area contributed by atoms with Crippen LogP contribution in [0, 0.1) is 17.8 Å². The predicted octanol–water partition coefficient (Wildman–Crippen LogP) is 2.43. The van der Waals surface area contributed by atoms with Crippen LogP contribution in [0.15, 0.2) is 0 Å². The third kappa shape index (κ3) is 3.72. The maximum atomic E-state index is 12.2. The summed E-state index contributed by atoms with van der Waals surface area (Å²) in [5, 5.41) is 12.2. The molecule has 1 amide bonds. The minimum absolute atomic E-state index is 0.0629. The van der Waals surface area contributed by atoms with E-state index in [1.807, 2.05) is 13.8 Å². The van der Waals surface area contributed by atoms with Crippen molar-refractivity contribution in [1.82, 2.24) is 5.32 Å². The molecule has 4 heteroatoms. The van der Waals surface area contributed by atoms with E-state index in [0.29, 0.717) is 18.8 Å². The van der Waals surface area contributed by atoms with Gasteiger partial charge in [-0.3, -0.25) is 9.59 Å². The van der Waals surface area contributed by atoms with Crippen molar-refractivity contribution < 1.29 is 14.7 Å². The first-order chi connectivity index (χ1) is 8.49. The molecule has 0 bridgehead atoms. The van der Waals surface area contributed by atoms with Crippen LogP contribution in [0.2, 0.25) is 0 Å². The Balaban J connectivity index is 2.61. The fourth-order valence-corrected chi connectivity index (χ4v) is 2.89. The van der Waals surface area contributed by atoms with Crippen molar-refractivity contribution in [1.29, 1.82) is 0 Å². The van der Waals surface area contributed by atoms with E-state index in [-0.39, 0.29) is 17.9 Å². The maximum absolute atomic E-state index is 12.2. The van der Waals surface area contributed by atoms with Gasteiger partial charge in [0.05, 0.1) is 11.8 Å². The number of hydrogen-bond donors (Lipinski definition) is 2. The van der Waals surface area contributed by atoms with Crippen LogP contribution in [-0.4, -0.2) is 23.0 Å². The third-order valence-corrected chi connectivity index (χ3v) is 3.93. The van der Waals surface area contributed by atoms with Crippen LogP contribution in [0.25, 0.3) is 0 Å². The molecule has 1 aliphatic carbocycles. The highest BCUT2D eigenvalue weighted by Crippen LogP contribution is 2.36. The van der Waals surface area contributed by atoms with Crippen molar-refractivity contribution in [2.75, 3.05) is 0 Å². The summed E-state index contributed by atoms with van der Waals surface area (Å²) in [6.07, 6.45) is 4.22. The monoisotopic (exact) mass is 255 g/mol. The fraction of sp³-hybridized carbons (Fsp3) is 0.857. The van der Waals surface area contributed by atoms with E-state index in [1.165, 1.54) is 0 Å². The zero-order valence-corrected chi connectivity index (χ0v) is 11.6. The Bertz CT molecular complexity index is 303. The summed E-state index contributed by atoms with van der Waals surface area (Å²) in [5.74, 6) is -1.41. The summed E-state index contributed by atoms with van der Waals surface area (Å²) in [4.78, 5) is 23.3. The lowest BCUT2D eigenvalue weighted by molar-refractivity contribution is -0.146. The van der Waals surface area contributed by atoms with Crippen molar-refractivity contribution in [3.63, 3.8) is 0 Å². The van der Waals surface area contributed by atoms with Crippen LogP contribution >= 0.6 is 0 Å². The average molecular weight is 255 g/mol. The van der Waals surface area contributed by atoms with Crippen molar-refractivity contribution >= 4 is 11.9 Å². The zero-order chi connectivity index (χ0) is 13.7. The van der Waals surface area contributed by atoms with Gasteiger partial charge in [0.2, 0.25) is 5.91 Å². The molecule has 18 heavy (non-hydrogen) atoms. The van der Waals surface area contributed by atoms with Gasteiger partial charge in [-0.05, 0) is 31.6 Å². The van der Waals surface area contributed by atoms with E-state index >= 15 is 0 Å². The zero-order valence-electron chi connectivity index (χ0n) is 11.6. The van der Waals surface area contributed by atoms with Crippen LogP contribution in [0.5, 0.6) is 0 Å². The number of rotatable bonds is 6. The first kappa shape index (κ1) is 15.0. The molecule has 1 fully saturated rings. The number of carboxylic acid groups (broad SMARTS) is 1. The van der Waals surface area contributed by atoms with E-state index in [9.17, 15) is 9.59 Å². The molecule has 2 unspecified atom stereocenters. The van der Waals surface area contributed by atoms with Crippen molar-refractivity contribution in [3.05, 3.63) is 0 Å². The van der Waals surface area contributed by atoms with Gasteiger partial charge in [-0.1, -0.05) is 27.2 Å². The molecule has 0 aromatic carbocycles. The summed E-state index contributed by atoms with van der Waals surface area (Å²) in [5.41, 5.74) is 0. The van der Waals surface area contributed by atoms with Crippen LogP contribution in [0.4, 0.5) is 0 Å². The topological polar surface area (TPSA) is 66.4 Å². The van der Waals surface area contributed by atoms with Gasteiger partial charge >= 0.3 is 5.97 Å². The SMILES string of the molecule is CCCC(CC)NC(=O)[C@H]1CC(C)C[C@H]1C(=O)O. The highest BCUT2D eigenvalue weighted by molar-refractivity contribution is 5.85. The Kier molecular flexibility index (Phi) is 5.63. The molecule has 0 spiro atoms. The summed E-state index contributed by atoms with van der Waals surface area (Å²) in [7, 11) is 0. The minimum Gasteiger partial charge on any atom is -0.481 e. The van der Waals surface area contributed by atoms with Crippen molar-refractivity contribution in [2.24, 2.45) is 17.8 Å². The van der Waals surface area contributed by atoms with E-state index in [0.717, 1.165) is 19.3 Å². The molecule has 0 saturated heterocycles. The standard InChI is InChI=1S/C14H25NO3/c1-4-6-10(5-2)15-13(16)11-7-9(3)8-12(11)14(17)18/h9-12H,4-8H2,1-3H3,(H,15,16)(H,17,18)/t9?,10?,11-,12+/m0/s1. The number of nitrogens with one attached hydrogen (secondary N) is 1. The van der Waals surface area contributed by atoms with Crippen LogP contribution in [0.1, 0.15) is 52.9 Å². The smallest absolute Gasteiger partial charge is 0.307 e. The van der Waals surface area contributed by atoms with Crippen LogP contribution in [-0.2, 0) is 9.59 Å². The van der Waals surface area contributed by atoms with Gasteiger partial charge in [-0.2, -0.15) is 0 Å². The lowest BCUT2D eigenvalue weighted by atomic mass is 9.94. The number of carbonyl (C=O) groups excluding carboxylic acids is 1. The largest absolute Gasteiger partial charge is 0.481 e. The van der Waals surface area contributed by atoms with E-state index in [4.69, 9.17) is 5.11 Å². The van der Waals surface area contributed by atoms with Crippen LogP contribution < -0.4 is 5.32 Å². The van der Waals surface area contributed by atoms with Gasteiger partial charge in [0.25, 0.3) is 0 Å². The molecule has 1 saturated carbocycles. The van der Waals surface area contributed by atoms with Crippen molar-refractivity contribution in [2.45, 2.75) is 58.9 Å². The summed E-state index contributed by atoms with van der Waals surface area (Å²) in [6.45, 7) is 6.16. The molecule has 4 nitrogen and oxygen atoms in total. The molecule has 0 aliphatic heterocycles. The fourth-order valence-electron chi connectivity index (χ4n) is 2.89. The second-order valence-electron chi connectivity index (χ2n) is 5.53. The molecule has 0 heterocycles. The average Bonchev–Trinajstić information content (AvgIpc) is 2.71. The van der Waals surface area contributed by atoms with Gasteiger partial charge in [-0.15, -0.1) is 0 Å². The number of amides is 1. The Morgan fingerprint density at radius 2 is 1.89 bits per heavy atom. The van der Waals surface area contributed by atoms with Gasteiger partial charge < -0.3 is 10.4 Å². The quantitative estimate of drug-likeness (QED) is 0.766. The van der Waals surface area contributed by atoms with Gasteiger partial charge in [-0.25, -0.2) is 0 Å². The molecule has 4 atom stereocenters. The molecular formula is C14H25NO3. The predicted molar refractivity (Wildman–Crippen MR) is 70.1 cm³/mol. The van der Waals surface area contributed by atoms with Crippen LogP contribution in [0.3, 0.4) is 0 Å². The van der Waals surface area contributed by atoms with E-state index < -0.39 is 11.9 Å². The van der Waals surface area contributed by atoms with E-state index in [2.05, 4.69) is 12.2 Å². The summed E-state index contributed by atoms with van der Waals surface area (Å²) < 4.78 is 0. The molecule has 1 aliphatic rings. The molecule has 0 aromatic heterocycles. The second-order valence-corrected chi connectivity index (χ2v) is 5.53. The lowest BCUT2D eigenvalue weighted by Gasteiger charge is -2.21. The third-order valence-electron chi connectivity index (χ3n) is 3.93. The highest BCUT2D eigenvalue weighted by Gasteiger charge is 2.41. The maximum Gasteiger partial charge on any atom is 0.307 e. The number of carbonyl (C=O) groups is 2. The first-order valence-electron chi connectivity index (χ1n) is 7.02. The Labute approximate surface area is 109 Å². The normalized spacial score (nSPS) is 28.9.